The minimum atomic E-state index is -0.419. The van der Waals surface area contributed by atoms with Crippen LogP contribution in [0.15, 0.2) is 28.9 Å². The van der Waals surface area contributed by atoms with Crippen molar-refractivity contribution in [3.8, 4) is 0 Å². The summed E-state index contributed by atoms with van der Waals surface area (Å²) < 4.78 is 10.8. The lowest BCUT2D eigenvalue weighted by molar-refractivity contribution is 0.0954. The maximum atomic E-state index is 12.6. The molecule has 2 aromatic rings. The Balaban J connectivity index is 1.76. The van der Waals surface area contributed by atoms with Gasteiger partial charge in [-0.3, -0.25) is 9.59 Å². The average molecular weight is 386 g/mol. The van der Waals surface area contributed by atoms with Crippen LogP contribution in [0, 0.1) is 0 Å². The molecule has 1 aliphatic heterocycles. The van der Waals surface area contributed by atoms with E-state index in [1.807, 2.05) is 30.9 Å². The zero-order valence-corrected chi connectivity index (χ0v) is 16.3. The van der Waals surface area contributed by atoms with Gasteiger partial charge in [0.25, 0.3) is 17.8 Å². The van der Waals surface area contributed by atoms with E-state index < -0.39 is 5.91 Å². The summed E-state index contributed by atoms with van der Waals surface area (Å²) in [5.41, 5.74) is 2.08. The van der Waals surface area contributed by atoms with Crippen LogP contribution in [-0.4, -0.2) is 49.6 Å². The highest BCUT2D eigenvalue weighted by Crippen LogP contribution is 2.21. The fourth-order valence-corrected chi connectivity index (χ4v) is 2.90. The van der Waals surface area contributed by atoms with Crippen molar-refractivity contribution in [1.82, 2.24) is 10.3 Å². The van der Waals surface area contributed by atoms with Crippen molar-refractivity contribution in [2.75, 3.05) is 43.1 Å². The fraction of sp³-hybridized carbons (Fsp3) is 0.450. The van der Waals surface area contributed by atoms with E-state index in [2.05, 4.69) is 15.6 Å². The first-order valence-electron chi connectivity index (χ1n) is 9.63. The molecule has 0 unspecified atom stereocenters. The van der Waals surface area contributed by atoms with E-state index in [-0.39, 0.29) is 11.6 Å². The number of aromatic nitrogens is 1. The normalized spacial score (nSPS) is 14.0. The van der Waals surface area contributed by atoms with Gasteiger partial charge < -0.3 is 24.7 Å². The molecule has 28 heavy (non-hydrogen) atoms. The second-order valence-corrected chi connectivity index (χ2v) is 6.56. The van der Waals surface area contributed by atoms with Gasteiger partial charge >= 0.3 is 0 Å². The number of anilines is 2. The molecule has 8 heteroatoms. The summed E-state index contributed by atoms with van der Waals surface area (Å²) in [6.45, 7) is 7.12. The van der Waals surface area contributed by atoms with Crippen LogP contribution in [0.25, 0.3) is 0 Å². The van der Waals surface area contributed by atoms with Crippen molar-refractivity contribution in [3.05, 3.63) is 41.3 Å². The molecule has 0 saturated carbocycles. The Kier molecular flexibility index (Phi) is 6.65. The Hall–Kier alpha value is -2.87. The van der Waals surface area contributed by atoms with Crippen molar-refractivity contribution in [1.29, 1.82) is 0 Å². The van der Waals surface area contributed by atoms with E-state index in [9.17, 15) is 9.59 Å². The van der Waals surface area contributed by atoms with Crippen LogP contribution >= 0.6 is 0 Å². The van der Waals surface area contributed by atoms with Crippen LogP contribution in [0.5, 0.6) is 0 Å². The van der Waals surface area contributed by atoms with Crippen LogP contribution in [0.1, 0.15) is 46.7 Å². The minimum Gasteiger partial charge on any atom is -0.431 e. The third kappa shape index (κ3) is 4.69. The summed E-state index contributed by atoms with van der Waals surface area (Å²) in [4.78, 5) is 31.4. The van der Waals surface area contributed by atoms with Gasteiger partial charge in [-0.25, -0.2) is 0 Å². The predicted molar refractivity (Wildman–Crippen MR) is 106 cm³/mol. The van der Waals surface area contributed by atoms with E-state index >= 15 is 0 Å². The largest absolute Gasteiger partial charge is 0.431 e. The predicted octanol–water partition coefficient (Wildman–Crippen LogP) is 2.47. The Bertz CT molecular complexity index is 827. The van der Waals surface area contributed by atoms with Gasteiger partial charge in [-0.2, -0.15) is 4.98 Å². The number of benzene rings is 1. The van der Waals surface area contributed by atoms with Crippen LogP contribution < -0.4 is 15.5 Å². The number of nitrogens with one attached hydrogen (secondary N) is 2. The maximum Gasteiger partial charge on any atom is 0.298 e. The number of hydrogen-bond acceptors (Lipinski definition) is 6. The first-order chi connectivity index (χ1) is 13.6. The molecule has 0 radical (unpaired) electrons. The lowest BCUT2D eigenvalue weighted by Crippen LogP contribution is -2.36. The number of carbonyl (C=O) groups excluding carboxylic acids is 2. The number of oxazole rings is 1. The smallest absolute Gasteiger partial charge is 0.298 e. The number of aryl methyl sites for hydroxylation is 1. The zero-order chi connectivity index (χ0) is 19.9. The highest BCUT2D eigenvalue weighted by molar-refractivity contribution is 6.08. The van der Waals surface area contributed by atoms with E-state index in [0.29, 0.717) is 50.1 Å². The van der Waals surface area contributed by atoms with Crippen molar-refractivity contribution < 1.29 is 18.7 Å². The molecule has 0 spiro atoms. The Morgan fingerprint density at radius 2 is 1.96 bits per heavy atom. The SMILES string of the molecule is CCCNC(=O)c1cc(CC)ccc1NC(=O)c1coc(N2CCOCC2)n1. The third-order valence-electron chi connectivity index (χ3n) is 4.53. The van der Waals surface area contributed by atoms with E-state index in [1.54, 1.807) is 6.07 Å². The molecule has 1 aliphatic rings. The van der Waals surface area contributed by atoms with Gasteiger partial charge in [0.05, 0.1) is 24.5 Å². The highest BCUT2D eigenvalue weighted by Gasteiger charge is 2.21. The van der Waals surface area contributed by atoms with Gasteiger partial charge in [0, 0.05) is 19.6 Å². The Morgan fingerprint density at radius 1 is 1.18 bits per heavy atom. The molecular formula is C20H26N4O4. The summed E-state index contributed by atoms with van der Waals surface area (Å²) in [5.74, 6) is -0.626. The average Bonchev–Trinajstić information content (AvgIpc) is 3.23. The molecule has 2 N–H and O–H groups in total. The second-order valence-electron chi connectivity index (χ2n) is 6.56. The highest BCUT2D eigenvalue weighted by atomic mass is 16.5. The molecule has 1 aromatic heterocycles. The number of ether oxygens (including phenoxy) is 1. The summed E-state index contributed by atoms with van der Waals surface area (Å²) >= 11 is 0. The fourth-order valence-electron chi connectivity index (χ4n) is 2.90. The lowest BCUT2D eigenvalue weighted by Gasteiger charge is -2.24. The lowest BCUT2D eigenvalue weighted by atomic mass is 10.1. The minimum absolute atomic E-state index is 0.168. The van der Waals surface area contributed by atoms with E-state index in [1.165, 1.54) is 6.26 Å². The molecule has 150 valence electrons. The summed E-state index contributed by atoms with van der Waals surface area (Å²) in [7, 11) is 0. The van der Waals surface area contributed by atoms with Crippen molar-refractivity contribution in [3.63, 3.8) is 0 Å². The number of hydrogen-bond donors (Lipinski definition) is 2. The molecule has 0 atom stereocenters. The quantitative estimate of drug-likeness (QED) is 0.759. The number of nitrogens with zero attached hydrogens (tertiary/aromatic N) is 2. The van der Waals surface area contributed by atoms with Gasteiger partial charge in [0.2, 0.25) is 0 Å². The number of amides is 2. The van der Waals surface area contributed by atoms with Gasteiger partial charge in [-0.05, 0) is 30.5 Å². The Morgan fingerprint density at radius 3 is 2.68 bits per heavy atom. The maximum absolute atomic E-state index is 12.6. The molecule has 2 amide bonds. The Labute approximate surface area is 164 Å². The zero-order valence-electron chi connectivity index (χ0n) is 16.3. The van der Waals surface area contributed by atoms with Crippen LogP contribution in [0.3, 0.4) is 0 Å². The summed E-state index contributed by atoms with van der Waals surface area (Å²) in [5, 5.41) is 5.64. The molecule has 0 bridgehead atoms. The van der Waals surface area contributed by atoms with Crippen LogP contribution in [0.2, 0.25) is 0 Å². The summed E-state index contributed by atoms with van der Waals surface area (Å²) in [6.07, 6.45) is 2.97. The third-order valence-corrected chi connectivity index (χ3v) is 4.53. The standard InChI is InChI=1S/C20H26N4O4/c1-3-7-21-18(25)15-12-14(4-2)5-6-16(15)22-19(26)17-13-28-20(23-17)24-8-10-27-11-9-24/h5-6,12-13H,3-4,7-11H2,1-2H3,(H,21,25)(H,22,26). The van der Waals surface area contributed by atoms with E-state index in [0.717, 1.165) is 18.4 Å². The first kappa shape index (κ1) is 19.9. The summed E-state index contributed by atoms with van der Waals surface area (Å²) in [6, 6.07) is 5.85. The molecular weight excluding hydrogens is 360 g/mol. The van der Waals surface area contributed by atoms with Gasteiger partial charge in [0.15, 0.2) is 5.69 Å². The molecule has 1 fully saturated rings. The topological polar surface area (TPSA) is 96.7 Å². The van der Waals surface area contributed by atoms with Crippen molar-refractivity contribution >= 4 is 23.5 Å². The van der Waals surface area contributed by atoms with Crippen molar-refractivity contribution in [2.45, 2.75) is 26.7 Å². The second kappa shape index (κ2) is 9.36. The number of rotatable bonds is 7. The van der Waals surface area contributed by atoms with Crippen LogP contribution in [-0.2, 0) is 11.2 Å². The van der Waals surface area contributed by atoms with E-state index in [4.69, 9.17) is 9.15 Å². The number of morpholine rings is 1. The van der Waals surface area contributed by atoms with Gasteiger partial charge in [-0.1, -0.05) is 19.9 Å². The molecule has 8 nitrogen and oxygen atoms in total. The molecule has 2 heterocycles. The monoisotopic (exact) mass is 386 g/mol. The molecule has 1 aromatic carbocycles. The van der Waals surface area contributed by atoms with Crippen molar-refractivity contribution in [2.24, 2.45) is 0 Å². The van der Waals surface area contributed by atoms with Gasteiger partial charge in [-0.15, -0.1) is 0 Å². The molecule has 0 aliphatic carbocycles. The number of carbonyl (C=O) groups is 2. The van der Waals surface area contributed by atoms with Gasteiger partial charge in [0.1, 0.15) is 6.26 Å². The molecule has 1 saturated heterocycles. The van der Waals surface area contributed by atoms with Crippen LogP contribution in [0.4, 0.5) is 11.7 Å². The molecule has 3 rings (SSSR count). The first-order valence-corrected chi connectivity index (χ1v) is 9.63.